The van der Waals surface area contributed by atoms with Crippen LogP contribution in [-0.4, -0.2) is 27.5 Å². The van der Waals surface area contributed by atoms with Gasteiger partial charge in [0, 0.05) is 33.7 Å². The van der Waals surface area contributed by atoms with E-state index in [1.165, 1.54) is 0 Å². The molecule has 1 aromatic heterocycles. The van der Waals surface area contributed by atoms with E-state index in [4.69, 9.17) is 0 Å². The molecule has 2 atom stereocenters. The van der Waals surface area contributed by atoms with Crippen LogP contribution in [-0.2, 0) is 16.6 Å². The van der Waals surface area contributed by atoms with Crippen LogP contribution in [0, 0.1) is 0 Å². The van der Waals surface area contributed by atoms with Crippen molar-refractivity contribution in [2.45, 2.75) is 23.8 Å². The van der Waals surface area contributed by atoms with Crippen LogP contribution in [0.25, 0.3) is 0 Å². The topological polar surface area (TPSA) is 42.0 Å². The lowest BCUT2D eigenvalue weighted by Crippen LogP contribution is -2.36. The van der Waals surface area contributed by atoms with Crippen LogP contribution in [0.15, 0.2) is 11.7 Å². The Kier molecular flexibility index (Phi) is 5.74. The number of rotatable bonds is 3. The molecular formula is C9H15ClN2OS2. The van der Waals surface area contributed by atoms with Crippen LogP contribution >= 0.6 is 23.7 Å². The predicted molar refractivity (Wildman–Crippen MR) is 67.1 cm³/mol. The van der Waals surface area contributed by atoms with Gasteiger partial charge in [0.2, 0.25) is 0 Å². The van der Waals surface area contributed by atoms with Gasteiger partial charge in [0.25, 0.3) is 0 Å². The zero-order chi connectivity index (χ0) is 9.80. The maximum absolute atomic E-state index is 11.9. The van der Waals surface area contributed by atoms with Crippen molar-refractivity contribution in [3.63, 3.8) is 0 Å². The number of aromatic nitrogens is 1. The molecule has 3 nitrogen and oxygen atoms in total. The summed E-state index contributed by atoms with van der Waals surface area (Å²) in [6, 6.07) is 0. The van der Waals surface area contributed by atoms with E-state index in [0.29, 0.717) is 11.0 Å². The Hall–Kier alpha value is 0.0300. The predicted octanol–water partition coefficient (Wildman–Crippen LogP) is 1.57. The van der Waals surface area contributed by atoms with Crippen LogP contribution in [0.1, 0.15) is 17.7 Å². The van der Waals surface area contributed by atoms with E-state index in [9.17, 15) is 4.21 Å². The highest BCUT2D eigenvalue weighted by molar-refractivity contribution is 7.85. The second-order valence-corrected chi connectivity index (χ2v) is 6.15. The number of thiazole rings is 1. The monoisotopic (exact) mass is 266 g/mol. The lowest BCUT2D eigenvalue weighted by Gasteiger charge is -2.21. The minimum Gasteiger partial charge on any atom is -0.316 e. The molecule has 2 unspecified atom stereocenters. The molecule has 86 valence electrons. The normalized spacial score (nSPS) is 23.1. The quantitative estimate of drug-likeness (QED) is 0.903. The summed E-state index contributed by atoms with van der Waals surface area (Å²) in [7, 11) is -0.728. The van der Waals surface area contributed by atoms with E-state index >= 15 is 0 Å². The SMILES string of the molecule is Cl.O=S(Cc1cncs1)C1CCCNC1. The molecule has 15 heavy (non-hydrogen) atoms. The lowest BCUT2D eigenvalue weighted by atomic mass is 10.2. The van der Waals surface area contributed by atoms with Crippen molar-refractivity contribution < 1.29 is 4.21 Å². The first kappa shape index (κ1) is 13.1. The van der Waals surface area contributed by atoms with Crippen molar-refractivity contribution in [1.29, 1.82) is 0 Å². The Bertz CT molecular complexity index is 299. The van der Waals surface area contributed by atoms with Crippen LogP contribution in [0.3, 0.4) is 0 Å². The fourth-order valence-corrected chi connectivity index (χ4v) is 3.94. The summed E-state index contributed by atoms with van der Waals surface area (Å²) >= 11 is 1.59. The summed E-state index contributed by atoms with van der Waals surface area (Å²) in [5.74, 6) is 0.678. The van der Waals surface area contributed by atoms with E-state index in [-0.39, 0.29) is 12.4 Å². The van der Waals surface area contributed by atoms with E-state index in [1.54, 1.807) is 16.8 Å². The van der Waals surface area contributed by atoms with Gasteiger partial charge in [-0.05, 0) is 19.4 Å². The molecule has 2 heterocycles. The Balaban J connectivity index is 0.00000112. The van der Waals surface area contributed by atoms with E-state index in [1.807, 2.05) is 6.20 Å². The van der Waals surface area contributed by atoms with E-state index < -0.39 is 10.8 Å². The highest BCUT2D eigenvalue weighted by Crippen LogP contribution is 2.15. The number of hydrogen-bond donors (Lipinski definition) is 1. The zero-order valence-corrected chi connectivity index (χ0v) is 10.8. The maximum Gasteiger partial charge on any atom is 0.0794 e. The number of nitrogens with zero attached hydrogens (tertiary/aromatic N) is 1. The minimum atomic E-state index is -0.728. The number of halogens is 1. The van der Waals surface area contributed by atoms with Gasteiger partial charge >= 0.3 is 0 Å². The minimum absolute atomic E-state index is 0. The maximum atomic E-state index is 11.9. The van der Waals surface area contributed by atoms with Gasteiger partial charge in [-0.25, -0.2) is 0 Å². The van der Waals surface area contributed by atoms with Gasteiger partial charge in [0.05, 0.1) is 11.3 Å². The molecule has 0 radical (unpaired) electrons. The van der Waals surface area contributed by atoms with Crippen molar-refractivity contribution in [3.8, 4) is 0 Å². The molecule has 1 saturated heterocycles. The van der Waals surface area contributed by atoms with Crippen LogP contribution in [0.5, 0.6) is 0 Å². The van der Waals surface area contributed by atoms with Gasteiger partial charge in [-0.15, -0.1) is 23.7 Å². The average molecular weight is 267 g/mol. The molecule has 1 aliphatic heterocycles. The number of nitrogens with one attached hydrogen (secondary N) is 1. The molecule has 0 spiro atoms. The zero-order valence-electron chi connectivity index (χ0n) is 8.35. The average Bonchev–Trinajstić information content (AvgIpc) is 2.72. The Labute approximate surface area is 103 Å². The third-order valence-corrected chi connectivity index (χ3v) is 5.10. The fraction of sp³-hybridized carbons (Fsp3) is 0.667. The molecule has 1 fully saturated rings. The summed E-state index contributed by atoms with van der Waals surface area (Å²) in [4.78, 5) is 5.12. The summed E-state index contributed by atoms with van der Waals surface area (Å²) in [5.41, 5.74) is 1.80. The molecule has 2 rings (SSSR count). The van der Waals surface area contributed by atoms with Gasteiger partial charge in [0.1, 0.15) is 0 Å². The van der Waals surface area contributed by atoms with Gasteiger partial charge in [-0.1, -0.05) is 0 Å². The van der Waals surface area contributed by atoms with Gasteiger partial charge < -0.3 is 5.32 Å². The fourth-order valence-electron chi connectivity index (χ4n) is 1.62. The largest absolute Gasteiger partial charge is 0.316 e. The summed E-state index contributed by atoms with van der Waals surface area (Å²) < 4.78 is 11.9. The van der Waals surface area contributed by atoms with Crippen LogP contribution < -0.4 is 5.32 Å². The highest BCUT2D eigenvalue weighted by atomic mass is 35.5. The lowest BCUT2D eigenvalue weighted by molar-refractivity contribution is 0.519. The number of piperidine rings is 1. The van der Waals surface area contributed by atoms with Crippen LogP contribution in [0.2, 0.25) is 0 Å². The van der Waals surface area contributed by atoms with Crippen molar-refractivity contribution >= 4 is 34.5 Å². The second-order valence-electron chi connectivity index (χ2n) is 3.46. The molecule has 0 bridgehead atoms. The molecule has 0 saturated carbocycles. The van der Waals surface area contributed by atoms with Gasteiger partial charge in [-0.3, -0.25) is 9.19 Å². The first-order chi connectivity index (χ1) is 6.86. The first-order valence-corrected chi connectivity index (χ1v) is 7.07. The van der Waals surface area contributed by atoms with Crippen LogP contribution in [0.4, 0.5) is 0 Å². The van der Waals surface area contributed by atoms with E-state index in [0.717, 1.165) is 30.8 Å². The van der Waals surface area contributed by atoms with Gasteiger partial charge in [0.15, 0.2) is 0 Å². The van der Waals surface area contributed by atoms with E-state index in [2.05, 4.69) is 10.3 Å². The molecule has 0 amide bonds. The van der Waals surface area contributed by atoms with Crippen molar-refractivity contribution in [2.75, 3.05) is 13.1 Å². The van der Waals surface area contributed by atoms with Crippen molar-refractivity contribution in [1.82, 2.24) is 10.3 Å². The molecule has 1 aromatic rings. The molecule has 1 aliphatic rings. The Morgan fingerprint density at radius 3 is 3.13 bits per heavy atom. The molecule has 0 aliphatic carbocycles. The third-order valence-electron chi connectivity index (χ3n) is 2.39. The molecule has 1 N–H and O–H groups in total. The van der Waals surface area contributed by atoms with Crippen molar-refractivity contribution in [3.05, 3.63) is 16.6 Å². The Morgan fingerprint density at radius 2 is 2.53 bits per heavy atom. The Morgan fingerprint density at radius 1 is 1.67 bits per heavy atom. The highest BCUT2D eigenvalue weighted by Gasteiger charge is 2.19. The third kappa shape index (κ3) is 3.83. The molecule has 6 heteroatoms. The second kappa shape index (κ2) is 6.58. The summed E-state index contributed by atoms with van der Waals surface area (Å²) in [6.07, 6.45) is 4.07. The summed E-state index contributed by atoms with van der Waals surface area (Å²) in [5, 5.41) is 3.63. The standard InChI is InChI=1S/C9H14N2OS2.ClH/c12-14(6-8-4-11-7-13-8)9-2-1-3-10-5-9;/h4,7,9-10H,1-3,5-6H2;1H. The molecule has 0 aromatic carbocycles. The number of hydrogen-bond acceptors (Lipinski definition) is 4. The summed E-state index contributed by atoms with van der Waals surface area (Å²) in [6.45, 7) is 1.99. The smallest absolute Gasteiger partial charge is 0.0794 e. The first-order valence-electron chi connectivity index (χ1n) is 4.81. The molecular weight excluding hydrogens is 252 g/mol. The van der Waals surface area contributed by atoms with Crippen molar-refractivity contribution in [2.24, 2.45) is 0 Å². The van der Waals surface area contributed by atoms with Gasteiger partial charge in [-0.2, -0.15) is 0 Å².